The summed E-state index contributed by atoms with van der Waals surface area (Å²) in [6, 6.07) is 6.77. The van der Waals surface area contributed by atoms with Crippen molar-refractivity contribution in [3.05, 3.63) is 35.6 Å². The number of benzene rings is 1. The maximum atomic E-state index is 13.9. The Bertz CT molecular complexity index is 566. The molecule has 2 saturated heterocycles. The fourth-order valence-electron chi connectivity index (χ4n) is 3.89. The molecule has 138 valence electrons. The van der Waals surface area contributed by atoms with Gasteiger partial charge in [0, 0.05) is 45.7 Å². The van der Waals surface area contributed by atoms with E-state index in [1.807, 2.05) is 17.9 Å². The van der Waals surface area contributed by atoms with Crippen LogP contribution in [0.5, 0.6) is 0 Å². The van der Waals surface area contributed by atoms with Gasteiger partial charge in [0.25, 0.3) is 0 Å². The number of hydrogen-bond donors (Lipinski definition) is 0. The molecule has 2 fully saturated rings. The predicted octanol–water partition coefficient (Wildman–Crippen LogP) is 2.56. The van der Waals surface area contributed by atoms with Crippen LogP contribution in [0.4, 0.5) is 4.39 Å². The predicted molar refractivity (Wildman–Crippen MR) is 98.1 cm³/mol. The van der Waals surface area contributed by atoms with Gasteiger partial charge in [-0.1, -0.05) is 25.1 Å². The van der Waals surface area contributed by atoms with Crippen LogP contribution in [-0.2, 0) is 4.79 Å². The number of halogens is 1. The molecule has 0 N–H and O–H groups in total. The lowest BCUT2D eigenvalue weighted by Gasteiger charge is -2.36. The van der Waals surface area contributed by atoms with E-state index in [0.29, 0.717) is 12.0 Å². The Morgan fingerprint density at radius 2 is 1.60 bits per heavy atom. The van der Waals surface area contributed by atoms with Gasteiger partial charge in [-0.25, -0.2) is 4.39 Å². The molecule has 0 aliphatic carbocycles. The van der Waals surface area contributed by atoms with Gasteiger partial charge < -0.3 is 9.80 Å². The summed E-state index contributed by atoms with van der Waals surface area (Å²) in [5.74, 6) is -0.147. The molecule has 0 radical (unpaired) electrons. The van der Waals surface area contributed by atoms with Gasteiger partial charge >= 0.3 is 0 Å². The Kier molecular flexibility index (Phi) is 6.43. The third kappa shape index (κ3) is 5.02. The Hall–Kier alpha value is -1.46. The second-order valence-corrected chi connectivity index (χ2v) is 7.40. The summed E-state index contributed by atoms with van der Waals surface area (Å²) < 4.78 is 13.9. The zero-order valence-electron chi connectivity index (χ0n) is 15.3. The average Bonchev–Trinajstić information content (AvgIpc) is 3.14. The van der Waals surface area contributed by atoms with Crippen LogP contribution in [0.2, 0.25) is 0 Å². The lowest BCUT2D eigenvalue weighted by molar-refractivity contribution is -0.133. The lowest BCUT2D eigenvalue weighted by atomic mass is 9.96. The van der Waals surface area contributed by atoms with Crippen molar-refractivity contribution in [2.75, 3.05) is 52.4 Å². The summed E-state index contributed by atoms with van der Waals surface area (Å²) in [4.78, 5) is 19.5. The second-order valence-electron chi connectivity index (χ2n) is 7.40. The van der Waals surface area contributed by atoms with Gasteiger partial charge in [-0.3, -0.25) is 9.69 Å². The van der Waals surface area contributed by atoms with Crippen LogP contribution in [0.25, 0.3) is 0 Å². The standard InChI is InChI=1S/C20H30FN3O/c1-17(18-6-2-3-7-19(18)21)16-20(25)24-14-12-23(13-15-24)11-10-22-8-4-5-9-22/h2-3,6-7,17H,4-5,8-16H2,1H3. The van der Waals surface area contributed by atoms with E-state index in [1.54, 1.807) is 12.1 Å². The topological polar surface area (TPSA) is 26.8 Å². The summed E-state index contributed by atoms with van der Waals surface area (Å²) >= 11 is 0. The molecule has 1 aromatic rings. The molecule has 5 heteroatoms. The van der Waals surface area contributed by atoms with Crippen LogP contribution < -0.4 is 0 Å². The van der Waals surface area contributed by atoms with Crippen molar-refractivity contribution < 1.29 is 9.18 Å². The van der Waals surface area contributed by atoms with E-state index in [1.165, 1.54) is 32.0 Å². The summed E-state index contributed by atoms with van der Waals surface area (Å²) in [6.45, 7) is 10.2. The lowest BCUT2D eigenvalue weighted by Crippen LogP contribution is -2.50. The van der Waals surface area contributed by atoms with Crippen molar-refractivity contribution >= 4 is 5.91 Å². The van der Waals surface area contributed by atoms with Gasteiger partial charge in [0.2, 0.25) is 5.91 Å². The summed E-state index contributed by atoms with van der Waals surface area (Å²) in [5.41, 5.74) is 0.639. The first-order chi connectivity index (χ1) is 12.1. The first kappa shape index (κ1) is 18.3. The fraction of sp³-hybridized carbons (Fsp3) is 0.650. The molecular formula is C20H30FN3O. The van der Waals surface area contributed by atoms with Crippen molar-refractivity contribution in [1.82, 2.24) is 14.7 Å². The Labute approximate surface area is 150 Å². The zero-order valence-corrected chi connectivity index (χ0v) is 15.3. The molecule has 1 aromatic carbocycles. The minimum absolute atomic E-state index is 0.0816. The molecule has 2 aliphatic heterocycles. The molecule has 2 heterocycles. The van der Waals surface area contributed by atoms with E-state index < -0.39 is 0 Å². The third-order valence-electron chi connectivity index (χ3n) is 5.57. The number of carbonyl (C=O) groups excluding carboxylic acids is 1. The maximum absolute atomic E-state index is 13.9. The first-order valence-corrected chi connectivity index (χ1v) is 9.60. The van der Waals surface area contributed by atoms with Gasteiger partial charge in [0.1, 0.15) is 5.82 Å². The van der Waals surface area contributed by atoms with E-state index in [2.05, 4.69) is 9.80 Å². The molecule has 0 saturated carbocycles. The molecule has 4 nitrogen and oxygen atoms in total. The van der Waals surface area contributed by atoms with Crippen molar-refractivity contribution in [2.24, 2.45) is 0 Å². The molecule has 1 unspecified atom stereocenters. The highest BCUT2D eigenvalue weighted by Gasteiger charge is 2.24. The third-order valence-corrected chi connectivity index (χ3v) is 5.57. The van der Waals surface area contributed by atoms with E-state index in [0.717, 1.165) is 39.3 Å². The van der Waals surface area contributed by atoms with Gasteiger partial charge in [0.05, 0.1) is 0 Å². The fourth-order valence-corrected chi connectivity index (χ4v) is 3.89. The summed E-state index contributed by atoms with van der Waals surface area (Å²) in [5, 5.41) is 0. The van der Waals surface area contributed by atoms with Crippen LogP contribution in [0, 0.1) is 5.82 Å². The van der Waals surface area contributed by atoms with Gasteiger partial charge in [0.15, 0.2) is 0 Å². The molecule has 25 heavy (non-hydrogen) atoms. The number of carbonyl (C=O) groups is 1. The quantitative estimate of drug-likeness (QED) is 0.791. The summed E-state index contributed by atoms with van der Waals surface area (Å²) in [6.07, 6.45) is 3.06. The number of piperazine rings is 1. The smallest absolute Gasteiger partial charge is 0.223 e. The average molecular weight is 347 g/mol. The molecular weight excluding hydrogens is 317 g/mol. The van der Waals surface area contributed by atoms with E-state index in [4.69, 9.17) is 0 Å². The van der Waals surface area contributed by atoms with Crippen molar-refractivity contribution in [2.45, 2.75) is 32.1 Å². The molecule has 3 rings (SSSR count). The number of hydrogen-bond acceptors (Lipinski definition) is 3. The van der Waals surface area contributed by atoms with Crippen LogP contribution in [0.1, 0.15) is 37.7 Å². The highest BCUT2D eigenvalue weighted by Crippen LogP contribution is 2.23. The van der Waals surface area contributed by atoms with Gasteiger partial charge in [-0.05, 0) is 43.5 Å². The monoisotopic (exact) mass is 347 g/mol. The Morgan fingerprint density at radius 3 is 2.24 bits per heavy atom. The largest absolute Gasteiger partial charge is 0.340 e. The molecule has 1 amide bonds. The molecule has 2 aliphatic rings. The number of rotatable bonds is 6. The van der Waals surface area contributed by atoms with Crippen LogP contribution in [0.3, 0.4) is 0 Å². The maximum Gasteiger partial charge on any atom is 0.223 e. The van der Waals surface area contributed by atoms with E-state index in [9.17, 15) is 9.18 Å². The molecule has 0 bridgehead atoms. The van der Waals surface area contributed by atoms with Gasteiger partial charge in [-0.15, -0.1) is 0 Å². The minimum Gasteiger partial charge on any atom is -0.340 e. The van der Waals surface area contributed by atoms with Crippen LogP contribution in [0.15, 0.2) is 24.3 Å². The van der Waals surface area contributed by atoms with Crippen LogP contribution >= 0.6 is 0 Å². The Morgan fingerprint density at radius 1 is 1.00 bits per heavy atom. The normalized spacial score (nSPS) is 20.8. The zero-order chi connectivity index (χ0) is 17.6. The SMILES string of the molecule is CC(CC(=O)N1CCN(CCN2CCCC2)CC1)c1ccccc1F. The minimum atomic E-state index is -0.213. The first-order valence-electron chi connectivity index (χ1n) is 9.60. The van der Waals surface area contributed by atoms with Crippen LogP contribution in [-0.4, -0.2) is 73.0 Å². The summed E-state index contributed by atoms with van der Waals surface area (Å²) in [7, 11) is 0. The van der Waals surface area contributed by atoms with E-state index in [-0.39, 0.29) is 17.6 Å². The molecule has 0 spiro atoms. The molecule has 0 aromatic heterocycles. The highest BCUT2D eigenvalue weighted by atomic mass is 19.1. The van der Waals surface area contributed by atoms with Crippen molar-refractivity contribution in [1.29, 1.82) is 0 Å². The van der Waals surface area contributed by atoms with Gasteiger partial charge in [-0.2, -0.15) is 0 Å². The number of nitrogens with zero attached hydrogens (tertiary/aromatic N) is 3. The Balaban J connectivity index is 1.41. The van der Waals surface area contributed by atoms with Crippen molar-refractivity contribution in [3.63, 3.8) is 0 Å². The highest BCUT2D eigenvalue weighted by molar-refractivity contribution is 5.77. The van der Waals surface area contributed by atoms with E-state index >= 15 is 0 Å². The second kappa shape index (κ2) is 8.77. The van der Waals surface area contributed by atoms with Crippen molar-refractivity contribution in [3.8, 4) is 0 Å². The molecule has 1 atom stereocenters. The number of amides is 1. The number of likely N-dealkylation sites (tertiary alicyclic amines) is 1.